The topological polar surface area (TPSA) is 76.0 Å². The van der Waals surface area contributed by atoms with E-state index in [1.807, 2.05) is 24.3 Å². The van der Waals surface area contributed by atoms with Crippen LogP contribution in [0.1, 0.15) is 68.1 Å². The van der Waals surface area contributed by atoms with Crippen molar-refractivity contribution in [2.45, 2.75) is 68.4 Å². The van der Waals surface area contributed by atoms with Crippen LogP contribution >= 0.6 is 11.6 Å². The first-order valence-electron chi connectivity index (χ1n) is 11.2. The predicted octanol–water partition coefficient (Wildman–Crippen LogP) is 3.96. The van der Waals surface area contributed by atoms with Gasteiger partial charge >= 0.3 is 5.97 Å². The van der Waals surface area contributed by atoms with E-state index in [1.54, 1.807) is 0 Å². The van der Waals surface area contributed by atoms with Crippen LogP contribution in [0.4, 0.5) is 0 Å². The Hall–Kier alpha value is -1.58. The van der Waals surface area contributed by atoms with Crippen LogP contribution in [0.5, 0.6) is 0 Å². The van der Waals surface area contributed by atoms with Crippen LogP contribution in [0.25, 0.3) is 0 Å². The smallest absolute Gasteiger partial charge is 0.331 e. The van der Waals surface area contributed by atoms with Gasteiger partial charge in [0.1, 0.15) is 13.2 Å². The lowest BCUT2D eigenvalue weighted by molar-refractivity contribution is -0.145. The SMILES string of the molecule is COC(=O)COCC#CC[C@@H]1[C@@H](c2ccc(C(O)C3CCCCC3)cc2)[C@H](O)C[C@H]1Cl. The summed E-state index contributed by atoms with van der Waals surface area (Å²) in [7, 11) is 1.31. The van der Waals surface area contributed by atoms with Gasteiger partial charge in [-0.1, -0.05) is 49.4 Å². The highest BCUT2D eigenvalue weighted by molar-refractivity contribution is 6.21. The molecule has 2 saturated carbocycles. The van der Waals surface area contributed by atoms with E-state index in [9.17, 15) is 15.0 Å². The summed E-state index contributed by atoms with van der Waals surface area (Å²) in [5.41, 5.74) is 1.98. The average molecular weight is 449 g/mol. The second-order valence-electron chi connectivity index (χ2n) is 8.64. The number of carbonyl (C=O) groups excluding carboxylic acids is 1. The van der Waals surface area contributed by atoms with Crippen molar-refractivity contribution >= 4 is 17.6 Å². The van der Waals surface area contributed by atoms with Crippen LogP contribution in [0.15, 0.2) is 24.3 Å². The summed E-state index contributed by atoms with van der Waals surface area (Å²) in [5, 5.41) is 21.2. The molecule has 5 nitrogen and oxygen atoms in total. The van der Waals surface area contributed by atoms with Gasteiger partial charge in [0.25, 0.3) is 0 Å². The number of esters is 1. The molecule has 0 bridgehead atoms. The Bertz CT molecular complexity index is 762. The van der Waals surface area contributed by atoms with Gasteiger partial charge in [0.05, 0.1) is 19.3 Å². The van der Waals surface area contributed by atoms with Crippen LogP contribution in [0.3, 0.4) is 0 Å². The Kier molecular flexibility index (Phi) is 9.22. The van der Waals surface area contributed by atoms with Crippen LogP contribution < -0.4 is 0 Å². The van der Waals surface area contributed by atoms with Gasteiger partial charge in [0.15, 0.2) is 0 Å². The number of alkyl halides is 1. The third-order valence-electron chi connectivity index (χ3n) is 6.65. The van der Waals surface area contributed by atoms with Gasteiger partial charge in [-0.25, -0.2) is 4.79 Å². The number of benzene rings is 1. The zero-order chi connectivity index (χ0) is 22.2. The maximum Gasteiger partial charge on any atom is 0.331 e. The van der Waals surface area contributed by atoms with E-state index in [0.717, 1.165) is 24.0 Å². The highest BCUT2D eigenvalue weighted by atomic mass is 35.5. The largest absolute Gasteiger partial charge is 0.467 e. The molecule has 1 aromatic carbocycles. The number of hydrogen-bond acceptors (Lipinski definition) is 5. The van der Waals surface area contributed by atoms with Crippen molar-refractivity contribution in [3.63, 3.8) is 0 Å². The minimum Gasteiger partial charge on any atom is -0.467 e. The molecule has 2 fully saturated rings. The number of ether oxygens (including phenoxy) is 2. The summed E-state index contributed by atoms with van der Waals surface area (Å²) in [5.74, 6) is 5.83. The third kappa shape index (κ3) is 6.46. The molecule has 1 aromatic rings. The second kappa shape index (κ2) is 11.9. The van der Waals surface area contributed by atoms with Crippen molar-refractivity contribution in [1.82, 2.24) is 0 Å². The molecule has 5 atom stereocenters. The van der Waals surface area contributed by atoms with Crippen molar-refractivity contribution in [3.8, 4) is 11.8 Å². The van der Waals surface area contributed by atoms with Crippen molar-refractivity contribution in [1.29, 1.82) is 0 Å². The van der Waals surface area contributed by atoms with Gasteiger partial charge in [-0.2, -0.15) is 0 Å². The molecular weight excluding hydrogens is 416 g/mol. The molecule has 2 aliphatic rings. The van der Waals surface area contributed by atoms with Crippen LogP contribution in [-0.4, -0.2) is 48.0 Å². The minimum atomic E-state index is -0.515. The molecule has 1 unspecified atom stereocenters. The lowest BCUT2D eigenvalue weighted by atomic mass is 9.81. The first-order chi connectivity index (χ1) is 15.0. The van der Waals surface area contributed by atoms with Crippen molar-refractivity contribution < 1.29 is 24.5 Å². The maximum atomic E-state index is 11.0. The molecule has 0 aliphatic heterocycles. The summed E-state index contributed by atoms with van der Waals surface area (Å²) >= 11 is 6.54. The fraction of sp³-hybridized carbons (Fsp3) is 0.640. The zero-order valence-electron chi connectivity index (χ0n) is 18.1. The number of aliphatic hydroxyl groups excluding tert-OH is 2. The standard InChI is InChI=1S/C25H33ClO5/c1-30-23(28)16-31-14-6-5-9-20-21(26)15-22(27)24(20)17-10-12-19(13-11-17)25(29)18-7-3-2-4-8-18/h10-13,18,20-22,24-25,27,29H,2-4,7-9,14-16H2,1H3/t20-,21+,22+,24+,25?/m0/s1. The molecule has 170 valence electrons. The predicted molar refractivity (Wildman–Crippen MR) is 120 cm³/mol. The summed E-state index contributed by atoms with van der Waals surface area (Å²) in [6.45, 7) is 0.0306. The van der Waals surface area contributed by atoms with Crippen molar-refractivity contribution in [3.05, 3.63) is 35.4 Å². The highest BCUT2D eigenvalue weighted by Gasteiger charge is 2.42. The fourth-order valence-electron chi connectivity index (χ4n) is 4.91. The summed E-state index contributed by atoms with van der Waals surface area (Å²) in [4.78, 5) is 11.0. The molecule has 0 heterocycles. The Morgan fingerprint density at radius 1 is 1.19 bits per heavy atom. The third-order valence-corrected chi connectivity index (χ3v) is 7.15. The molecule has 31 heavy (non-hydrogen) atoms. The van der Waals surface area contributed by atoms with Crippen LogP contribution in [0.2, 0.25) is 0 Å². The van der Waals surface area contributed by atoms with E-state index in [0.29, 0.717) is 18.8 Å². The molecule has 0 radical (unpaired) electrons. The van der Waals surface area contributed by atoms with Crippen molar-refractivity contribution in [2.75, 3.05) is 20.3 Å². The fourth-order valence-corrected chi connectivity index (χ4v) is 5.34. The normalized spacial score (nSPS) is 27.4. The Labute approximate surface area is 190 Å². The molecule has 2 aliphatic carbocycles. The molecule has 6 heteroatoms. The summed E-state index contributed by atoms with van der Waals surface area (Å²) < 4.78 is 9.65. The Morgan fingerprint density at radius 2 is 1.90 bits per heavy atom. The van der Waals surface area contributed by atoms with E-state index < -0.39 is 18.2 Å². The van der Waals surface area contributed by atoms with E-state index >= 15 is 0 Å². The number of rotatable bonds is 7. The highest BCUT2D eigenvalue weighted by Crippen LogP contribution is 2.45. The van der Waals surface area contributed by atoms with Gasteiger partial charge in [-0.3, -0.25) is 0 Å². The van der Waals surface area contributed by atoms with Crippen LogP contribution in [-0.2, 0) is 14.3 Å². The number of hydrogen-bond donors (Lipinski definition) is 2. The van der Waals surface area contributed by atoms with E-state index in [4.69, 9.17) is 16.3 Å². The lowest BCUT2D eigenvalue weighted by Gasteiger charge is -2.27. The molecule has 0 amide bonds. The first-order valence-corrected chi connectivity index (χ1v) is 11.6. The molecule has 0 spiro atoms. The van der Waals surface area contributed by atoms with Gasteiger partial charge in [0.2, 0.25) is 0 Å². The van der Waals surface area contributed by atoms with Gasteiger partial charge in [-0.05, 0) is 42.2 Å². The average Bonchev–Trinajstić information content (AvgIpc) is 3.08. The number of methoxy groups -OCH3 is 1. The maximum absolute atomic E-state index is 11.0. The van der Waals surface area contributed by atoms with E-state index in [1.165, 1.54) is 26.4 Å². The second-order valence-corrected chi connectivity index (χ2v) is 9.21. The molecule has 2 N–H and O–H groups in total. The first kappa shape index (κ1) is 24.1. The quantitative estimate of drug-likeness (QED) is 0.286. The molecule has 0 aromatic heterocycles. The van der Waals surface area contributed by atoms with Gasteiger partial charge in [0, 0.05) is 17.7 Å². The Morgan fingerprint density at radius 3 is 2.58 bits per heavy atom. The zero-order valence-corrected chi connectivity index (χ0v) is 18.9. The molecular formula is C25H33ClO5. The number of aliphatic hydroxyl groups is 2. The van der Waals surface area contributed by atoms with Gasteiger partial charge < -0.3 is 19.7 Å². The molecule has 0 saturated heterocycles. The number of halogens is 1. The van der Waals surface area contributed by atoms with Crippen LogP contribution in [0, 0.1) is 23.7 Å². The minimum absolute atomic E-state index is 0.0268. The van der Waals surface area contributed by atoms with E-state index in [-0.39, 0.29) is 30.4 Å². The lowest BCUT2D eigenvalue weighted by Crippen LogP contribution is -2.19. The van der Waals surface area contributed by atoms with E-state index in [2.05, 4.69) is 16.6 Å². The molecule has 3 rings (SSSR count). The summed E-state index contributed by atoms with van der Waals surface area (Å²) in [6.07, 6.45) is 5.97. The number of carbonyl (C=O) groups is 1. The Balaban J connectivity index is 1.60. The summed E-state index contributed by atoms with van der Waals surface area (Å²) in [6, 6.07) is 8.02. The van der Waals surface area contributed by atoms with Gasteiger partial charge in [-0.15, -0.1) is 17.5 Å². The van der Waals surface area contributed by atoms with Crippen molar-refractivity contribution in [2.24, 2.45) is 11.8 Å². The monoisotopic (exact) mass is 448 g/mol.